The van der Waals surface area contributed by atoms with E-state index in [4.69, 9.17) is 18.9 Å². The zero-order valence-corrected chi connectivity index (χ0v) is 31.0. The van der Waals surface area contributed by atoms with Crippen molar-refractivity contribution in [1.29, 1.82) is 0 Å². The molecule has 0 saturated heterocycles. The largest absolute Gasteiger partial charge is 0.496 e. The second-order valence-corrected chi connectivity index (χ2v) is 14.1. The van der Waals surface area contributed by atoms with E-state index >= 15 is 0 Å². The van der Waals surface area contributed by atoms with Crippen molar-refractivity contribution in [2.45, 2.75) is 78.7 Å². The number of benzene rings is 6. The standard InChI is InChI=1S/C47H49NO4/c1-32(2)52-42-23-15-22-40-45(39(27-43(49-5)46(40)42)31-50-29-36-18-11-7-12-19-36)41-25-24-38-26-33(3)48(28-35-16-9-6-10-17-35)34(4)44(38)47(41)51-30-37-20-13-8-14-21-37/h6-25,27,32-34H,26,28-31H2,1-5H3/t33-,34-/m1/s1. The van der Waals surface area contributed by atoms with Crippen LogP contribution in [0.4, 0.5) is 0 Å². The van der Waals surface area contributed by atoms with Gasteiger partial charge in [0, 0.05) is 29.8 Å². The summed E-state index contributed by atoms with van der Waals surface area (Å²) in [6.45, 7) is 11.0. The third kappa shape index (κ3) is 7.57. The van der Waals surface area contributed by atoms with Crippen LogP contribution in [0.5, 0.6) is 17.2 Å². The molecule has 0 radical (unpaired) electrons. The monoisotopic (exact) mass is 691 g/mol. The summed E-state index contributed by atoms with van der Waals surface area (Å²) >= 11 is 0. The lowest BCUT2D eigenvalue weighted by atomic mass is 9.83. The number of nitrogens with zero attached hydrogens (tertiary/aromatic N) is 1. The van der Waals surface area contributed by atoms with E-state index in [2.05, 4.69) is 130 Å². The van der Waals surface area contributed by atoms with Gasteiger partial charge in [-0.3, -0.25) is 4.90 Å². The topological polar surface area (TPSA) is 40.2 Å². The van der Waals surface area contributed by atoms with Crippen molar-refractivity contribution in [3.63, 3.8) is 0 Å². The van der Waals surface area contributed by atoms with Crippen molar-refractivity contribution in [3.8, 4) is 28.4 Å². The van der Waals surface area contributed by atoms with E-state index in [1.54, 1.807) is 7.11 Å². The Kier molecular flexibility index (Phi) is 10.9. The number of fused-ring (bicyclic) bond motifs is 2. The molecule has 266 valence electrons. The van der Waals surface area contributed by atoms with Gasteiger partial charge < -0.3 is 18.9 Å². The second kappa shape index (κ2) is 16.1. The summed E-state index contributed by atoms with van der Waals surface area (Å²) in [7, 11) is 1.73. The van der Waals surface area contributed by atoms with Crippen LogP contribution in [0.1, 0.15) is 67.1 Å². The van der Waals surface area contributed by atoms with Gasteiger partial charge in [-0.05, 0) is 85.0 Å². The summed E-state index contributed by atoms with van der Waals surface area (Å²) in [5, 5.41) is 1.98. The molecule has 1 heterocycles. The zero-order valence-electron chi connectivity index (χ0n) is 31.0. The van der Waals surface area contributed by atoms with Gasteiger partial charge in [0.2, 0.25) is 0 Å². The molecule has 5 heteroatoms. The molecule has 0 N–H and O–H groups in total. The number of hydrogen-bond donors (Lipinski definition) is 0. The predicted molar refractivity (Wildman–Crippen MR) is 211 cm³/mol. The molecule has 52 heavy (non-hydrogen) atoms. The van der Waals surface area contributed by atoms with Gasteiger partial charge in [-0.2, -0.15) is 0 Å². The average molecular weight is 692 g/mol. The third-order valence-corrected chi connectivity index (χ3v) is 10.1. The Morgan fingerprint density at radius 1 is 0.692 bits per heavy atom. The van der Waals surface area contributed by atoms with Gasteiger partial charge >= 0.3 is 0 Å². The van der Waals surface area contributed by atoms with Gasteiger partial charge in [-0.15, -0.1) is 0 Å². The Balaban J connectivity index is 1.42. The molecule has 0 amide bonds. The lowest BCUT2D eigenvalue weighted by molar-refractivity contribution is 0.107. The lowest BCUT2D eigenvalue weighted by Gasteiger charge is -2.41. The first-order chi connectivity index (χ1) is 25.4. The number of rotatable bonds is 13. The van der Waals surface area contributed by atoms with Crippen LogP contribution in [0.15, 0.2) is 127 Å². The Bertz CT molecular complexity index is 2100. The number of hydrogen-bond acceptors (Lipinski definition) is 5. The van der Waals surface area contributed by atoms with Crippen LogP contribution in [0.2, 0.25) is 0 Å². The van der Waals surface area contributed by atoms with Gasteiger partial charge in [-0.25, -0.2) is 0 Å². The Morgan fingerprint density at radius 2 is 1.35 bits per heavy atom. The summed E-state index contributed by atoms with van der Waals surface area (Å²) in [5.74, 6) is 2.47. The first kappa shape index (κ1) is 35.3. The maximum atomic E-state index is 7.08. The van der Waals surface area contributed by atoms with Crippen molar-refractivity contribution < 1.29 is 18.9 Å². The second-order valence-electron chi connectivity index (χ2n) is 14.1. The van der Waals surface area contributed by atoms with Gasteiger partial charge in [-0.1, -0.05) is 115 Å². The summed E-state index contributed by atoms with van der Waals surface area (Å²) in [5.41, 5.74) is 9.30. The fourth-order valence-corrected chi connectivity index (χ4v) is 7.70. The van der Waals surface area contributed by atoms with Crippen LogP contribution >= 0.6 is 0 Å². The molecule has 0 spiro atoms. The van der Waals surface area contributed by atoms with Crippen LogP contribution in [0, 0.1) is 0 Å². The molecule has 0 saturated carbocycles. The molecule has 1 aliphatic rings. The molecule has 0 aliphatic carbocycles. The average Bonchev–Trinajstić information content (AvgIpc) is 3.16. The molecule has 0 aromatic heterocycles. The summed E-state index contributed by atoms with van der Waals surface area (Å²) in [6, 6.07) is 45.0. The quantitative estimate of drug-likeness (QED) is 0.121. The van der Waals surface area contributed by atoms with Gasteiger partial charge in [0.05, 0.1) is 31.8 Å². The van der Waals surface area contributed by atoms with Gasteiger partial charge in [0.25, 0.3) is 0 Å². The van der Waals surface area contributed by atoms with Crippen molar-refractivity contribution >= 4 is 10.8 Å². The fraction of sp³-hybridized carbons (Fsp3) is 0.277. The Hall–Kier alpha value is -5.10. The number of methoxy groups -OCH3 is 1. The normalized spacial score (nSPS) is 15.8. The molecule has 6 aromatic carbocycles. The first-order valence-corrected chi connectivity index (χ1v) is 18.4. The SMILES string of the molecule is COc1cc(COCc2ccccc2)c(-c2ccc3c(c2OCc2ccccc2)[C@@H](C)N(Cc2ccccc2)[C@H](C)C3)c2cccc(OC(C)C)c12. The zero-order chi connectivity index (χ0) is 36.0. The van der Waals surface area contributed by atoms with Crippen molar-refractivity contribution in [3.05, 3.63) is 161 Å². The minimum absolute atomic E-state index is 0.000383. The predicted octanol–water partition coefficient (Wildman–Crippen LogP) is 11.1. The molecular weight excluding hydrogens is 643 g/mol. The smallest absolute Gasteiger partial charge is 0.132 e. The minimum atomic E-state index is -0.000383. The number of ether oxygens (including phenoxy) is 4. The molecule has 7 rings (SSSR count). The van der Waals surface area contributed by atoms with Crippen LogP contribution in [0.25, 0.3) is 21.9 Å². The van der Waals surface area contributed by atoms with Crippen LogP contribution in [0.3, 0.4) is 0 Å². The molecular formula is C47H49NO4. The van der Waals surface area contributed by atoms with E-state index in [1.807, 2.05) is 30.3 Å². The molecule has 0 bridgehead atoms. The van der Waals surface area contributed by atoms with E-state index in [0.29, 0.717) is 25.9 Å². The third-order valence-electron chi connectivity index (χ3n) is 10.1. The highest BCUT2D eigenvalue weighted by Gasteiger charge is 2.34. The summed E-state index contributed by atoms with van der Waals surface area (Å²) in [4.78, 5) is 2.61. The summed E-state index contributed by atoms with van der Waals surface area (Å²) < 4.78 is 26.1. The maximum Gasteiger partial charge on any atom is 0.132 e. The highest BCUT2D eigenvalue weighted by molar-refractivity contribution is 6.06. The van der Waals surface area contributed by atoms with Gasteiger partial charge in [0.1, 0.15) is 23.9 Å². The fourth-order valence-electron chi connectivity index (χ4n) is 7.70. The van der Waals surface area contributed by atoms with Crippen molar-refractivity contribution in [2.24, 2.45) is 0 Å². The van der Waals surface area contributed by atoms with Crippen molar-refractivity contribution in [2.75, 3.05) is 7.11 Å². The van der Waals surface area contributed by atoms with Crippen LogP contribution in [-0.4, -0.2) is 24.2 Å². The van der Waals surface area contributed by atoms with E-state index in [1.165, 1.54) is 16.7 Å². The highest BCUT2D eigenvalue weighted by Crippen LogP contribution is 2.50. The van der Waals surface area contributed by atoms with E-state index in [0.717, 1.165) is 68.8 Å². The maximum absolute atomic E-state index is 7.08. The molecule has 2 atom stereocenters. The van der Waals surface area contributed by atoms with Crippen LogP contribution in [-0.2, 0) is 37.5 Å². The molecule has 0 fully saturated rings. The van der Waals surface area contributed by atoms with Crippen molar-refractivity contribution in [1.82, 2.24) is 4.90 Å². The minimum Gasteiger partial charge on any atom is -0.496 e. The molecule has 1 aliphatic heterocycles. The molecule has 6 aromatic rings. The highest BCUT2D eigenvalue weighted by atomic mass is 16.5. The van der Waals surface area contributed by atoms with Gasteiger partial charge in [0.15, 0.2) is 0 Å². The van der Waals surface area contributed by atoms with E-state index < -0.39 is 0 Å². The van der Waals surface area contributed by atoms with E-state index in [-0.39, 0.29) is 12.1 Å². The summed E-state index contributed by atoms with van der Waals surface area (Å²) in [6.07, 6.45) is 0.941. The Labute approximate surface area is 308 Å². The molecule has 0 unspecified atom stereocenters. The van der Waals surface area contributed by atoms with E-state index in [9.17, 15) is 0 Å². The Morgan fingerprint density at radius 3 is 2.00 bits per heavy atom. The van der Waals surface area contributed by atoms with Crippen LogP contribution < -0.4 is 14.2 Å². The lowest BCUT2D eigenvalue weighted by Crippen LogP contribution is -2.40. The molecule has 5 nitrogen and oxygen atoms in total. The first-order valence-electron chi connectivity index (χ1n) is 18.4.